The summed E-state index contributed by atoms with van der Waals surface area (Å²) in [6.45, 7) is 0. The van der Waals surface area contributed by atoms with Gasteiger partial charge in [-0.1, -0.05) is 12.1 Å². The van der Waals surface area contributed by atoms with E-state index in [0.717, 1.165) is 6.07 Å². The van der Waals surface area contributed by atoms with Crippen LogP contribution in [0.3, 0.4) is 0 Å². The Bertz CT molecular complexity index is 594. The lowest BCUT2D eigenvalue weighted by Gasteiger charge is -2.15. The maximum Gasteiger partial charge on any atom is 0.419 e. The van der Waals surface area contributed by atoms with Gasteiger partial charge in [0.25, 0.3) is 0 Å². The van der Waals surface area contributed by atoms with Crippen molar-refractivity contribution in [1.29, 1.82) is 0 Å². The summed E-state index contributed by atoms with van der Waals surface area (Å²) >= 11 is 4.49. The standard InChI is InChI=1S/C12H8BrF4NS/c13-8-4-5-19-11(8)10(18)6-2-1-3-7(9(6)14)12(15,16)17/h1-5,10H,18H2. The molecule has 1 aromatic carbocycles. The van der Waals surface area contributed by atoms with Crippen molar-refractivity contribution in [2.75, 3.05) is 0 Å². The van der Waals surface area contributed by atoms with Gasteiger partial charge in [-0.3, -0.25) is 0 Å². The molecule has 0 saturated heterocycles. The Morgan fingerprint density at radius 2 is 1.89 bits per heavy atom. The number of benzene rings is 1. The van der Waals surface area contributed by atoms with Crippen molar-refractivity contribution in [2.24, 2.45) is 5.73 Å². The first kappa shape index (κ1) is 14.5. The van der Waals surface area contributed by atoms with E-state index in [1.165, 1.54) is 17.4 Å². The molecule has 0 fully saturated rings. The fourth-order valence-corrected chi connectivity index (χ4v) is 3.32. The van der Waals surface area contributed by atoms with Crippen molar-refractivity contribution in [3.63, 3.8) is 0 Å². The summed E-state index contributed by atoms with van der Waals surface area (Å²) in [5.74, 6) is -1.32. The van der Waals surface area contributed by atoms with Crippen molar-refractivity contribution in [1.82, 2.24) is 0 Å². The third-order valence-electron chi connectivity index (χ3n) is 2.60. The first-order chi connectivity index (χ1) is 8.82. The van der Waals surface area contributed by atoms with Crippen LogP contribution in [0.2, 0.25) is 0 Å². The topological polar surface area (TPSA) is 26.0 Å². The predicted octanol–water partition coefficient (Wildman–Crippen LogP) is 4.72. The van der Waals surface area contributed by atoms with Crippen molar-refractivity contribution in [2.45, 2.75) is 12.2 Å². The molecule has 2 N–H and O–H groups in total. The zero-order chi connectivity index (χ0) is 14.2. The van der Waals surface area contributed by atoms with Gasteiger partial charge in [-0.05, 0) is 33.4 Å². The number of halogens is 5. The monoisotopic (exact) mass is 353 g/mol. The van der Waals surface area contributed by atoms with E-state index in [2.05, 4.69) is 15.9 Å². The van der Waals surface area contributed by atoms with Crippen molar-refractivity contribution in [3.8, 4) is 0 Å². The summed E-state index contributed by atoms with van der Waals surface area (Å²) in [5.41, 5.74) is 4.38. The molecule has 0 amide bonds. The number of rotatable bonds is 2. The zero-order valence-electron chi connectivity index (χ0n) is 9.34. The van der Waals surface area contributed by atoms with Gasteiger partial charge in [0, 0.05) is 14.9 Å². The Morgan fingerprint density at radius 1 is 1.21 bits per heavy atom. The summed E-state index contributed by atoms with van der Waals surface area (Å²) in [7, 11) is 0. The number of hydrogen-bond donors (Lipinski definition) is 1. The van der Waals surface area contributed by atoms with Crippen LogP contribution >= 0.6 is 27.3 Å². The molecule has 1 aromatic heterocycles. The van der Waals surface area contributed by atoms with Gasteiger partial charge in [-0.2, -0.15) is 13.2 Å². The largest absolute Gasteiger partial charge is 0.419 e. The smallest absolute Gasteiger partial charge is 0.319 e. The second-order valence-electron chi connectivity index (χ2n) is 3.82. The second-order valence-corrected chi connectivity index (χ2v) is 5.62. The van der Waals surface area contributed by atoms with E-state index in [-0.39, 0.29) is 5.56 Å². The molecule has 0 aliphatic rings. The predicted molar refractivity (Wildman–Crippen MR) is 69.5 cm³/mol. The van der Waals surface area contributed by atoms with Gasteiger partial charge in [0.05, 0.1) is 11.6 Å². The first-order valence-electron chi connectivity index (χ1n) is 5.16. The molecule has 0 spiro atoms. The number of alkyl halides is 3. The minimum absolute atomic E-state index is 0.169. The molecule has 1 unspecified atom stereocenters. The van der Waals surface area contributed by atoms with Crippen LogP contribution in [0.4, 0.5) is 17.6 Å². The second kappa shape index (κ2) is 5.22. The fraction of sp³-hybridized carbons (Fsp3) is 0.167. The molecule has 7 heteroatoms. The van der Waals surface area contributed by atoms with Gasteiger partial charge in [-0.15, -0.1) is 11.3 Å². The fourth-order valence-electron chi connectivity index (χ4n) is 1.68. The molecule has 2 rings (SSSR count). The average molecular weight is 354 g/mol. The SMILES string of the molecule is NC(c1cccc(C(F)(F)F)c1F)c1sccc1Br. The molecule has 19 heavy (non-hydrogen) atoms. The van der Waals surface area contributed by atoms with Crippen molar-refractivity contribution in [3.05, 3.63) is 55.9 Å². The normalized spacial score (nSPS) is 13.6. The molecule has 2 aromatic rings. The molecule has 102 valence electrons. The van der Waals surface area contributed by atoms with E-state index in [4.69, 9.17) is 5.73 Å². The maximum absolute atomic E-state index is 13.9. The van der Waals surface area contributed by atoms with Crippen LogP contribution in [0, 0.1) is 5.82 Å². The lowest BCUT2D eigenvalue weighted by molar-refractivity contribution is -0.140. The summed E-state index contributed by atoms with van der Waals surface area (Å²) in [5, 5.41) is 1.73. The van der Waals surface area contributed by atoms with E-state index in [0.29, 0.717) is 15.4 Å². The minimum atomic E-state index is -4.73. The molecule has 0 aliphatic heterocycles. The van der Waals surface area contributed by atoms with Crippen LogP contribution in [-0.4, -0.2) is 0 Å². The van der Waals surface area contributed by atoms with Crippen LogP contribution in [0.25, 0.3) is 0 Å². The molecule has 1 heterocycles. The highest BCUT2D eigenvalue weighted by Crippen LogP contribution is 2.37. The molecular weight excluding hydrogens is 346 g/mol. The van der Waals surface area contributed by atoms with Crippen molar-refractivity contribution >= 4 is 27.3 Å². The van der Waals surface area contributed by atoms with E-state index >= 15 is 0 Å². The Balaban J connectivity index is 2.50. The highest BCUT2D eigenvalue weighted by molar-refractivity contribution is 9.10. The lowest BCUT2D eigenvalue weighted by Crippen LogP contribution is -2.16. The van der Waals surface area contributed by atoms with Gasteiger partial charge >= 0.3 is 6.18 Å². The van der Waals surface area contributed by atoms with E-state index < -0.39 is 23.6 Å². The molecule has 1 nitrogen and oxygen atoms in total. The van der Waals surface area contributed by atoms with Gasteiger partial charge in [0.2, 0.25) is 0 Å². The Morgan fingerprint density at radius 3 is 2.42 bits per heavy atom. The highest BCUT2D eigenvalue weighted by atomic mass is 79.9. The van der Waals surface area contributed by atoms with E-state index in [1.807, 2.05) is 0 Å². The van der Waals surface area contributed by atoms with Crippen LogP contribution < -0.4 is 5.73 Å². The highest BCUT2D eigenvalue weighted by Gasteiger charge is 2.35. The van der Waals surface area contributed by atoms with E-state index in [1.54, 1.807) is 11.4 Å². The third kappa shape index (κ3) is 2.82. The molecule has 1 atom stereocenters. The maximum atomic E-state index is 13.9. The third-order valence-corrected chi connectivity index (χ3v) is 4.55. The lowest BCUT2D eigenvalue weighted by atomic mass is 10.0. The average Bonchev–Trinajstić information content (AvgIpc) is 2.73. The van der Waals surface area contributed by atoms with Gasteiger partial charge in [0.15, 0.2) is 0 Å². The van der Waals surface area contributed by atoms with Gasteiger partial charge in [0.1, 0.15) is 5.82 Å². The molecular formula is C12H8BrF4NS. The molecule has 0 aliphatic carbocycles. The van der Waals surface area contributed by atoms with Gasteiger partial charge < -0.3 is 5.73 Å². The molecule has 0 bridgehead atoms. The minimum Gasteiger partial charge on any atom is -0.319 e. The summed E-state index contributed by atoms with van der Waals surface area (Å²) in [6, 6.07) is 3.90. The quantitative estimate of drug-likeness (QED) is 0.777. The molecule has 0 radical (unpaired) electrons. The van der Waals surface area contributed by atoms with Crippen LogP contribution in [-0.2, 0) is 6.18 Å². The van der Waals surface area contributed by atoms with Crippen LogP contribution in [0.1, 0.15) is 22.0 Å². The summed E-state index contributed by atoms with van der Waals surface area (Å²) in [6.07, 6.45) is -4.73. The zero-order valence-corrected chi connectivity index (χ0v) is 11.7. The van der Waals surface area contributed by atoms with Crippen LogP contribution in [0.15, 0.2) is 34.1 Å². The summed E-state index contributed by atoms with van der Waals surface area (Å²) in [4.78, 5) is 0.582. The van der Waals surface area contributed by atoms with E-state index in [9.17, 15) is 17.6 Å². The molecule has 0 saturated carbocycles. The Kier molecular flexibility index (Phi) is 3.98. The number of hydrogen-bond acceptors (Lipinski definition) is 2. The number of thiophene rings is 1. The van der Waals surface area contributed by atoms with Crippen molar-refractivity contribution < 1.29 is 17.6 Å². The van der Waals surface area contributed by atoms with Crippen LogP contribution in [0.5, 0.6) is 0 Å². The van der Waals surface area contributed by atoms with Gasteiger partial charge in [-0.25, -0.2) is 4.39 Å². The Labute approximate surface area is 119 Å². The number of nitrogens with two attached hydrogens (primary N) is 1. The Hall–Kier alpha value is -0.920. The summed E-state index contributed by atoms with van der Waals surface area (Å²) < 4.78 is 52.5. The first-order valence-corrected chi connectivity index (χ1v) is 6.83.